The smallest absolute Gasteiger partial charge is 0.241 e. The molecule has 2 unspecified atom stereocenters. The molecular weight excluding hydrogens is 248 g/mol. The molecule has 1 amide bonds. The molecule has 1 saturated heterocycles. The molecule has 1 aliphatic heterocycles. The van der Waals surface area contributed by atoms with Crippen LogP contribution in [0.4, 0.5) is 0 Å². The van der Waals surface area contributed by atoms with Crippen LogP contribution in [-0.4, -0.2) is 29.6 Å². The van der Waals surface area contributed by atoms with Crippen LogP contribution < -0.4 is 5.32 Å². The van der Waals surface area contributed by atoms with Gasteiger partial charge in [-0.2, -0.15) is 0 Å². The van der Waals surface area contributed by atoms with Gasteiger partial charge < -0.3 is 4.90 Å². The van der Waals surface area contributed by atoms with Crippen molar-refractivity contribution in [3.05, 3.63) is 0 Å². The number of carbonyl (C=O) groups is 1. The Balaban J connectivity index is 2.07. The quantitative estimate of drug-likeness (QED) is 0.835. The number of rotatable bonds is 5. The van der Waals surface area contributed by atoms with Crippen LogP contribution in [0.15, 0.2) is 0 Å². The maximum Gasteiger partial charge on any atom is 0.241 e. The minimum absolute atomic E-state index is 0.0266. The van der Waals surface area contributed by atoms with Gasteiger partial charge in [0.1, 0.15) is 0 Å². The first-order chi connectivity index (χ1) is 9.47. The number of carbonyl (C=O) groups excluding carboxylic acids is 1. The first-order valence-corrected chi connectivity index (χ1v) is 8.53. The SMILES string of the molecule is CCCC1NC(C(C)C)C(=O)N1CC1(C)CCCCC1. The lowest BCUT2D eigenvalue weighted by Crippen LogP contribution is -2.44. The Hall–Kier alpha value is -0.570. The van der Waals surface area contributed by atoms with Crippen LogP contribution in [-0.2, 0) is 4.79 Å². The van der Waals surface area contributed by atoms with E-state index in [1.807, 2.05) is 0 Å². The predicted octanol–water partition coefficient (Wildman–Crippen LogP) is 3.54. The van der Waals surface area contributed by atoms with Crippen LogP contribution in [0.25, 0.3) is 0 Å². The third kappa shape index (κ3) is 3.36. The third-order valence-corrected chi connectivity index (χ3v) is 5.14. The molecule has 1 aliphatic carbocycles. The summed E-state index contributed by atoms with van der Waals surface area (Å²) in [5.41, 5.74) is 0.341. The summed E-state index contributed by atoms with van der Waals surface area (Å²) in [5.74, 6) is 0.719. The van der Waals surface area contributed by atoms with Crippen LogP contribution in [0.2, 0.25) is 0 Å². The molecule has 0 spiro atoms. The summed E-state index contributed by atoms with van der Waals surface area (Å²) in [4.78, 5) is 14.9. The van der Waals surface area contributed by atoms with Gasteiger partial charge in [0.15, 0.2) is 0 Å². The van der Waals surface area contributed by atoms with Crippen molar-refractivity contribution in [2.45, 2.75) is 84.8 Å². The minimum Gasteiger partial charge on any atom is -0.325 e. The minimum atomic E-state index is 0.0266. The van der Waals surface area contributed by atoms with E-state index in [-0.39, 0.29) is 12.2 Å². The van der Waals surface area contributed by atoms with E-state index in [4.69, 9.17) is 0 Å². The molecule has 2 aliphatic rings. The maximum absolute atomic E-state index is 12.7. The average Bonchev–Trinajstić information content (AvgIpc) is 2.69. The lowest BCUT2D eigenvalue weighted by molar-refractivity contribution is -0.132. The highest BCUT2D eigenvalue weighted by Gasteiger charge is 2.42. The van der Waals surface area contributed by atoms with Crippen LogP contribution in [0.5, 0.6) is 0 Å². The Morgan fingerprint density at radius 2 is 1.95 bits per heavy atom. The molecule has 1 saturated carbocycles. The van der Waals surface area contributed by atoms with Crippen LogP contribution in [0.3, 0.4) is 0 Å². The maximum atomic E-state index is 12.7. The van der Waals surface area contributed by atoms with Crippen molar-refractivity contribution in [3.8, 4) is 0 Å². The molecule has 1 heterocycles. The Kier molecular flexibility index (Phi) is 5.11. The van der Waals surface area contributed by atoms with Gasteiger partial charge in [-0.1, -0.05) is 53.4 Å². The van der Waals surface area contributed by atoms with Gasteiger partial charge in [-0.3, -0.25) is 10.1 Å². The summed E-state index contributed by atoms with van der Waals surface area (Å²) in [6, 6.07) is 0.0266. The fourth-order valence-corrected chi connectivity index (χ4v) is 3.85. The highest BCUT2D eigenvalue weighted by molar-refractivity contribution is 5.84. The molecule has 0 bridgehead atoms. The van der Waals surface area contributed by atoms with E-state index >= 15 is 0 Å². The molecule has 116 valence electrons. The summed E-state index contributed by atoms with van der Waals surface area (Å²) in [6.45, 7) is 9.82. The average molecular weight is 280 g/mol. The molecular formula is C17H32N2O. The van der Waals surface area contributed by atoms with Gasteiger partial charge in [0, 0.05) is 6.54 Å². The lowest BCUT2D eigenvalue weighted by Gasteiger charge is -2.38. The largest absolute Gasteiger partial charge is 0.325 e. The molecule has 1 N–H and O–H groups in total. The van der Waals surface area contributed by atoms with E-state index in [9.17, 15) is 4.79 Å². The molecule has 2 fully saturated rings. The fourth-order valence-electron chi connectivity index (χ4n) is 3.85. The van der Waals surface area contributed by atoms with E-state index < -0.39 is 0 Å². The predicted molar refractivity (Wildman–Crippen MR) is 83.4 cm³/mol. The van der Waals surface area contributed by atoms with Gasteiger partial charge >= 0.3 is 0 Å². The van der Waals surface area contributed by atoms with Crippen molar-refractivity contribution >= 4 is 5.91 Å². The van der Waals surface area contributed by atoms with Crippen LogP contribution >= 0.6 is 0 Å². The molecule has 3 heteroatoms. The standard InChI is InChI=1S/C17H32N2O/c1-5-9-14-18-15(13(2)3)16(20)19(14)12-17(4)10-7-6-8-11-17/h13-15,18H,5-12H2,1-4H3. The second-order valence-electron chi connectivity index (χ2n) is 7.53. The van der Waals surface area contributed by atoms with Crippen LogP contribution in [0, 0.1) is 11.3 Å². The third-order valence-electron chi connectivity index (χ3n) is 5.14. The van der Waals surface area contributed by atoms with Gasteiger partial charge in [0.2, 0.25) is 5.91 Å². The van der Waals surface area contributed by atoms with E-state index in [1.54, 1.807) is 0 Å². The summed E-state index contributed by atoms with van der Waals surface area (Å²) in [5, 5.41) is 3.57. The summed E-state index contributed by atoms with van der Waals surface area (Å²) in [7, 11) is 0. The van der Waals surface area contributed by atoms with Crippen molar-refractivity contribution in [3.63, 3.8) is 0 Å². The summed E-state index contributed by atoms with van der Waals surface area (Å²) in [6.07, 6.45) is 9.06. The molecule has 0 radical (unpaired) electrons. The molecule has 2 rings (SSSR count). The zero-order valence-corrected chi connectivity index (χ0v) is 13.7. The van der Waals surface area contributed by atoms with Crippen molar-refractivity contribution in [1.82, 2.24) is 10.2 Å². The van der Waals surface area contributed by atoms with E-state index in [0.717, 1.165) is 19.4 Å². The van der Waals surface area contributed by atoms with Crippen molar-refractivity contribution in [1.29, 1.82) is 0 Å². The molecule has 20 heavy (non-hydrogen) atoms. The first-order valence-electron chi connectivity index (χ1n) is 8.53. The van der Waals surface area contributed by atoms with Gasteiger partial charge in [-0.25, -0.2) is 0 Å². The molecule has 3 nitrogen and oxygen atoms in total. The number of hydrogen-bond donors (Lipinski definition) is 1. The van der Waals surface area contributed by atoms with Gasteiger partial charge in [-0.05, 0) is 30.6 Å². The lowest BCUT2D eigenvalue weighted by atomic mass is 9.75. The normalized spacial score (nSPS) is 30.2. The highest BCUT2D eigenvalue weighted by atomic mass is 16.2. The van der Waals surface area contributed by atoms with Crippen LogP contribution in [0.1, 0.15) is 72.6 Å². The number of nitrogens with zero attached hydrogens (tertiary/aromatic N) is 1. The van der Waals surface area contributed by atoms with E-state index in [1.165, 1.54) is 32.1 Å². The topological polar surface area (TPSA) is 32.3 Å². The van der Waals surface area contributed by atoms with Crippen molar-refractivity contribution in [2.24, 2.45) is 11.3 Å². The molecule has 0 aromatic heterocycles. The Morgan fingerprint density at radius 1 is 1.30 bits per heavy atom. The second kappa shape index (κ2) is 6.46. The van der Waals surface area contributed by atoms with Crippen molar-refractivity contribution < 1.29 is 4.79 Å². The number of amides is 1. The number of nitrogens with one attached hydrogen (secondary N) is 1. The molecule has 0 aromatic carbocycles. The zero-order valence-electron chi connectivity index (χ0n) is 13.7. The molecule has 0 aromatic rings. The highest BCUT2D eigenvalue weighted by Crippen LogP contribution is 2.38. The Bertz CT molecular complexity index is 334. The summed E-state index contributed by atoms with van der Waals surface area (Å²) < 4.78 is 0. The monoisotopic (exact) mass is 280 g/mol. The van der Waals surface area contributed by atoms with Gasteiger partial charge in [0.05, 0.1) is 12.2 Å². The second-order valence-corrected chi connectivity index (χ2v) is 7.53. The van der Waals surface area contributed by atoms with Gasteiger partial charge in [0.25, 0.3) is 0 Å². The van der Waals surface area contributed by atoms with Crippen molar-refractivity contribution in [2.75, 3.05) is 6.54 Å². The first kappa shape index (κ1) is 15.8. The van der Waals surface area contributed by atoms with E-state index in [0.29, 0.717) is 17.2 Å². The summed E-state index contributed by atoms with van der Waals surface area (Å²) >= 11 is 0. The Morgan fingerprint density at radius 3 is 2.50 bits per heavy atom. The number of hydrogen-bond acceptors (Lipinski definition) is 2. The Labute approximate surface area is 124 Å². The van der Waals surface area contributed by atoms with Gasteiger partial charge in [-0.15, -0.1) is 0 Å². The fraction of sp³-hybridized carbons (Fsp3) is 0.941. The zero-order chi connectivity index (χ0) is 14.8. The molecule has 2 atom stereocenters. The van der Waals surface area contributed by atoms with E-state index in [2.05, 4.69) is 37.9 Å².